The summed E-state index contributed by atoms with van der Waals surface area (Å²) in [7, 11) is 0. The number of nitrogens with zero attached hydrogens (tertiary/aromatic N) is 3. The van der Waals surface area contributed by atoms with Gasteiger partial charge in [0.25, 0.3) is 0 Å². The van der Waals surface area contributed by atoms with Crippen LogP contribution in [0.15, 0.2) is 36.5 Å². The molecule has 0 spiro atoms. The molecular formula is C18H20ClN3O. The van der Waals surface area contributed by atoms with Gasteiger partial charge in [-0.05, 0) is 37.8 Å². The average molecular weight is 330 g/mol. The maximum absolute atomic E-state index is 11.0. The molecule has 0 unspecified atom stereocenters. The van der Waals surface area contributed by atoms with Crippen LogP contribution in [0.2, 0.25) is 5.02 Å². The highest BCUT2D eigenvalue weighted by molar-refractivity contribution is 6.31. The van der Waals surface area contributed by atoms with Crippen LogP contribution in [0.4, 0.5) is 5.82 Å². The summed E-state index contributed by atoms with van der Waals surface area (Å²) in [6.07, 6.45) is 5.56. The van der Waals surface area contributed by atoms with Gasteiger partial charge in [0.2, 0.25) is 0 Å². The molecule has 4 nitrogen and oxygen atoms in total. The fraction of sp³-hybridized carbons (Fsp3) is 0.444. The Morgan fingerprint density at radius 2 is 1.87 bits per heavy atom. The van der Waals surface area contributed by atoms with Crippen molar-refractivity contribution in [1.82, 2.24) is 9.97 Å². The first-order valence-electron chi connectivity index (χ1n) is 8.21. The van der Waals surface area contributed by atoms with E-state index >= 15 is 0 Å². The maximum atomic E-state index is 11.0. The Morgan fingerprint density at radius 3 is 2.57 bits per heavy atom. The Morgan fingerprint density at radius 1 is 1.13 bits per heavy atom. The van der Waals surface area contributed by atoms with Gasteiger partial charge >= 0.3 is 0 Å². The van der Waals surface area contributed by atoms with Crippen molar-refractivity contribution in [3.05, 3.63) is 52.9 Å². The third-order valence-corrected chi connectivity index (χ3v) is 5.22. The summed E-state index contributed by atoms with van der Waals surface area (Å²) in [4.78, 5) is 11.3. The minimum Gasteiger partial charge on any atom is -0.385 e. The number of hydrogen-bond donors (Lipinski definition) is 1. The molecule has 0 amide bonds. The standard InChI is InChI=1S/C18H20ClN3O/c19-15-4-2-1-3-14(15)18(23)8-11-22(12-9-18)16-7-10-20-17(21-16)13-5-6-13/h1-4,7,10,13,23H,5-6,8-9,11-12H2. The Balaban J connectivity index is 1.50. The van der Waals surface area contributed by atoms with Crippen molar-refractivity contribution in [3.63, 3.8) is 0 Å². The summed E-state index contributed by atoms with van der Waals surface area (Å²) in [5, 5.41) is 11.6. The number of hydrogen-bond acceptors (Lipinski definition) is 4. The fourth-order valence-electron chi connectivity index (χ4n) is 3.29. The van der Waals surface area contributed by atoms with Gasteiger partial charge in [0, 0.05) is 35.8 Å². The number of aromatic nitrogens is 2. The molecule has 2 heterocycles. The monoisotopic (exact) mass is 329 g/mol. The number of benzene rings is 1. The minimum absolute atomic E-state index is 0.555. The molecule has 120 valence electrons. The predicted molar refractivity (Wildman–Crippen MR) is 90.8 cm³/mol. The molecular weight excluding hydrogens is 310 g/mol. The van der Waals surface area contributed by atoms with E-state index in [0.29, 0.717) is 23.8 Å². The first kappa shape index (κ1) is 14.9. The van der Waals surface area contributed by atoms with Gasteiger partial charge in [-0.3, -0.25) is 0 Å². The highest BCUT2D eigenvalue weighted by Gasteiger charge is 2.36. The van der Waals surface area contributed by atoms with Crippen molar-refractivity contribution < 1.29 is 5.11 Å². The molecule has 23 heavy (non-hydrogen) atoms. The van der Waals surface area contributed by atoms with Crippen LogP contribution in [0.5, 0.6) is 0 Å². The Hall–Kier alpha value is -1.65. The SMILES string of the molecule is OC1(c2ccccc2Cl)CCN(c2ccnc(C3CC3)n2)CC1. The van der Waals surface area contributed by atoms with Gasteiger partial charge in [-0.15, -0.1) is 0 Å². The lowest BCUT2D eigenvalue weighted by molar-refractivity contribution is 0.0117. The van der Waals surface area contributed by atoms with Gasteiger partial charge in [-0.25, -0.2) is 9.97 Å². The van der Waals surface area contributed by atoms with Crippen LogP contribution in [0, 0.1) is 0 Å². The molecule has 0 atom stereocenters. The van der Waals surface area contributed by atoms with Crippen LogP contribution >= 0.6 is 11.6 Å². The average Bonchev–Trinajstić information content (AvgIpc) is 3.41. The predicted octanol–water partition coefficient (Wildman–Crippen LogP) is 3.50. The molecule has 1 aliphatic carbocycles. The summed E-state index contributed by atoms with van der Waals surface area (Å²) in [6, 6.07) is 9.55. The molecule has 2 fully saturated rings. The van der Waals surface area contributed by atoms with Crippen LogP contribution < -0.4 is 4.90 Å². The van der Waals surface area contributed by atoms with Crippen LogP contribution in [0.1, 0.15) is 43.0 Å². The van der Waals surface area contributed by atoms with Gasteiger partial charge < -0.3 is 10.0 Å². The molecule has 1 aromatic heterocycles. The summed E-state index contributed by atoms with van der Waals surface area (Å²) in [6.45, 7) is 1.53. The molecule has 1 N–H and O–H groups in total. The smallest absolute Gasteiger partial charge is 0.133 e. The Bertz CT molecular complexity index is 709. The van der Waals surface area contributed by atoms with Crippen molar-refractivity contribution in [2.75, 3.05) is 18.0 Å². The molecule has 4 rings (SSSR count). The maximum Gasteiger partial charge on any atom is 0.133 e. The molecule has 5 heteroatoms. The molecule has 1 saturated carbocycles. The van der Waals surface area contributed by atoms with Crippen molar-refractivity contribution in [2.24, 2.45) is 0 Å². The number of piperidine rings is 1. The summed E-state index contributed by atoms with van der Waals surface area (Å²) in [5.41, 5.74) is -0.0102. The van der Waals surface area contributed by atoms with Gasteiger partial charge in [-0.1, -0.05) is 29.8 Å². The van der Waals surface area contributed by atoms with E-state index in [1.54, 1.807) is 0 Å². The number of halogens is 1. The van der Waals surface area contributed by atoms with E-state index < -0.39 is 5.60 Å². The van der Waals surface area contributed by atoms with Crippen molar-refractivity contribution >= 4 is 17.4 Å². The second-order valence-corrected chi connectivity index (χ2v) is 6.95. The lowest BCUT2D eigenvalue weighted by atomic mass is 9.84. The molecule has 2 aliphatic rings. The summed E-state index contributed by atoms with van der Waals surface area (Å²) >= 11 is 6.27. The van der Waals surface area contributed by atoms with Gasteiger partial charge in [0.1, 0.15) is 11.6 Å². The largest absolute Gasteiger partial charge is 0.385 e. The Kier molecular flexibility index (Phi) is 3.74. The summed E-state index contributed by atoms with van der Waals surface area (Å²) < 4.78 is 0. The zero-order chi connectivity index (χ0) is 15.9. The first-order valence-corrected chi connectivity index (χ1v) is 8.59. The zero-order valence-corrected chi connectivity index (χ0v) is 13.7. The molecule has 1 aromatic carbocycles. The lowest BCUT2D eigenvalue weighted by Gasteiger charge is -2.39. The highest BCUT2D eigenvalue weighted by Crippen LogP contribution is 2.40. The van der Waals surface area contributed by atoms with Gasteiger partial charge in [-0.2, -0.15) is 0 Å². The highest BCUT2D eigenvalue weighted by atomic mass is 35.5. The third-order valence-electron chi connectivity index (χ3n) is 4.89. The van der Waals surface area contributed by atoms with Crippen molar-refractivity contribution in [2.45, 2.75) is 37.2 Å². The topological polar surface area (TPSA) is 49.2 Å². The van der Waals surface area contributed by atoms with Crippen LogP contribution in [0.25, 0.3) is 0 Å². The first-order chi connectivity index (χ1) is 11.2. The number of anilines is 1. The van der Waals surface area contributed by atoms with E-state index in [9.17, 15) is 5.11 Å². The van der Waals surface area contributed by atoms with Crippen LogP contribution in [-0.4, -0.2) is 28.2 Å². The zero-order valence-electron chi connectivity index (χ0n) is 13.0. The van der Waals surface area contributed by atoms with Crippen LogP contribution in [0.3, 0.4) is 0 Å². The second kappa shape index (κ2) is 5.77. The van der Waals surface area contributed by atoms with E-state index in [-0.39, 0.29) is 0 Å². The van der Waals surface area contributed by atoms with Crippen LogP contribution in [-0.2, 0) is 5.60 Å². The van der Waals surface area contributed by atoms with E-state index in [1.807, 2.05) is 36.5 Å². The Labute approximate surface area is 141 Å². The van der Waals surface area contributed by atoms with E-state index in [0.717, 1.165) is 30.3 Å². The molecule has 2 aromatic rings. The molecule has 0 radical (unpaired) electrons. The van der Waals surface area contributed by atoms with E-state index in [1.165, 1.54) is 12.8 Å². The van der Waals surface area contributed by atoms with Gasteiger partial charge in [0.05, 0.1) is 5.60 Å². The quantitative estimate of drug-likeness (QED) is 0.936. The van der Waals surface area contributed by atoms with Gasteiger partial charge in [0.15, 0.2) is 0 Å². The third kappa shape index (κ3) is 2.93. The van der Waals surface area contributed by atoms with E-state index in [2.05, 4.69) is 9.88 Å². The number of aliphatic hydroxyl groups is 1. The number of rotatable bonds is 3. The minimum atomic E-state index is -0.846. The molecule has 1 saturated heterocycles. The summed E-state index contributed by atoms with van der Waals surface area (Å²) in [5.74, 6) is 2.50. The normalized spacial score (nSPS) is 20.5. The second-order valence-electron chi connectivity index (χ2n) is 6.55. The fourth-order valence-corrected chi connectivity index (χ4v) is 3.60. The van der Waals surface area contributed by atoms with Crippen molar-refractivity contribution in [1.29, 1.82) is 0 Å². The van der Waals surface area contributed by atoms with Crippen molar-refractivity contribution in [3.8, 4) is 0 Å². The van der Waals surface area contributed by atoms with E-state index in [4.69, 9.17) is 16.6 Å². The molecule has 1 aliphatic heterocycles. The lowest BCUT2D eigenvalue weighted by Crippen LogP contribution is -2.43. The molecule has 0 bridgehead atoms.